The highest BCUT2D eigenvalue weighted by Gasteiger charge is 2.18. The zero-order valence-electron chi connectivity index (χ0n) is 23.1. The van der Waals surface area contributed by atoms with Gasteiger partial charge in [0.2, 0.25) is 5.91 Å². The Hall–Kier alpha value is -3.95. The number of hydrogen-bond acceptors (Lipinski definition) is 6. The molecular weight excluding hydrogens is 536 g/mol. The Morgan fingerprint density at radius 2 is 1.78 bits per heavy atom. The van der Waals surface area contributed by atoms with E-state index in [0.717, 1.165) is 30.6 Å². The quantitative estimate of drug-likeness (QED) is 0.211. The van der Waals surface area contributed by atoms with E-state index in [2.05, 4.69) is 5.32 Å². The van der Waals surface area contributed by atoms with Gasteiger partial charge in [-0.3, -0.25) is 19.0 Å². The highest BCUT2D eigenvalue weighted by Crippen LogP contribution is 2.20. The second-order valence-electron chi connectivity index (χ2n) is 10.0. The van der Waals surface area contributed by atoms with Gasteiger partial charge in [-0.2, -0.15) is 0 Å². The van der Waals surface area contributed by atoms with Crippen molar-refractivity contribution in [3.63, 3.8) is 0 Å². The van der Waals surface area contributed by atoms with E-state index in [-0.39, 0.29) is 35.8 Å². The maximum Gasteiger partial charge on any atom is 0.262 e. The maximum absolute atomic E-state index is 13.6. The number of aromatic nitrogens is 2. The Bertz CT molecular complexity index is 1550. The lowest BCUT2D eigenvalue weighted by molar-refractivity contribution is -0.128. The van der Waals surface area contributed by atoms with E-state index in [4.69, 9.17) is 9.72 Å². The van der Waals surface area contributed by atoms with Crippen molar-refractivity contribution in [2.24, 2.45) is 0 Å². The van der Waals surface area contributed by atoms with Crippen LogP contribution in [0.15, 0.2) is 88.8 Å². The summed E-state index contributed by atoms with van der Waals surface area (Å²) < 4.78 is 7.19. The van der Waals surface area contributed by atoms with Crippen LogP contribution in [0, 0.1) is 0 Å². The highest BCUT2D eigenvalue weighted by molar-refractivity contribution is 7.99. The number of hydrogen-bond donors (Lipinski definition) is 1. The number of nitrogens with zero attached hydrogens (tertiary/aromatic N) is 3. The fourth-order valence-electron chi connectivity index (χ4n) is 4.85. The summed E-state index contributed by atoms with van der Waals surface area (Å²) >= 11 is 1.27. The number of amides is 2. The number of fused-ring (bicyclic) bond motifs is 1. The summed E-state index contributed by atoms with van der Waals surface area (Å²) in [4.78, 5) is 45.9. The molecule has 1 saturated heterocycles. The first-order valence-electron chi connectivity index (χ1n) is 13.9. The molecule has 3 aromatic carbocycles. The number of carbonyl (C=O) groups excluding carboxylic acids is 2. The molecule has 0 saturated carbocycles. The van der Waals surface area contributed by atoms with Gasteiger partial charge in [-0.25, -0.2) is 4.98 Å². The van der Waals surface area contributed by atoms with Crippen LogP contribution in [0.2, 0.25) is 0 Å². The number of para-hydroxylation sites is 1. The van der Waals surface area contributed by atoms with Crippen LogP contribution < -0.4 is 10.9 Å². The molecular formula is C32H34N4O4S. The molecule has 0 spiro atoms. The van der Waals surface area contributed by atoms with Gasteiger partial charge in [-0.15, -0.1) is 0 Å². The molecule has 0 aliphatic carbocycles. The predicted molar refractivity (Wildman–Crippen MR) is 161 cm³/mol. The highest BCUT2D eigenvalue weighted by atomic mass is 32.2. The van der Waals surface area contributed by atoms with Crippen LogP contribution in [-0.4, -0.2) is 57.8 Å². The van der Waals surface area contributed by atoms with Crippen molar-refractivity contribution >= 4 is 34.5 Å². The van der Waals surface area contributed by atoms with Crippen molar-refractivity contribution in [1.82, 2.24) is 19.8 Å². The molecule has 1 fully saturated rings. The molecule has 5 rings (SSSR count). The summed E-state index contributed by atoms with van der Waals surface area (Å²) in [5.41, 5.74) is 2.90. The van der Waals surface area contributed by atoms with Gasteiger partial charge in [0.25, 0.3) is 11.5 Å². The number of rotatable bonds is 11. The topological polar surface area (TPSA) is 93.5 Å². The molecule has 1 N–H and O–H groups in total. The molecule has 212 valence electrons. The second kappa shape index (κ2) is 13.6. The lowest BCUT2D eigenvalue weighted by atomic mass is 10.1. The van der Waals surface area contributed by atoms with E-state index in [1.165, 1.54) is 11.8 Å². The third kappa shape index (κ3) is 7.23. The van der Waals surface area contributed by atoms with E-state index in [1.54, 1.807) is 27.7 Å². The number of benzene rings is 3. The zero-order valence-corrected chi connectivity index (χ0v) is 23.9. The van der Waals surface area contributed by atoms with Crippen LogP contribution in [0.25, 0.3) is 10.9 Å². The van der Waals surface area contributed by atoms with E-state index >= 15 is 0 Å². The standard InChI is InChI=1S/C32H34N4O4S/c1-2-35(20-23-9-4-3-5-10-23)29(37)22-41-32-34-28-13-7-6-12-27(28)31(39)36(32)21-24-14-16-25(17-15-24)30(38)33-19-26-11-8-18-40-26/h3-7,9-10,12-17,26H,2,8,11,18-22H2,1H3,(H,33,38)/t26-/m0/s1. The smallest absolute Gasteiger partial charge is 0.262 e. The average Bonchev–Trinajstić information content (AvgIpc) is 3.54. The molecule has 9 heteroatoms. The van der Waals surface area contributed by atoms with E-state index in [9.17, 15) is 14.4 Å². The molecule has 4 aromatic rings. The minimum atomic E-state index is -0.166. The molecule has 0 radical (unpaired) electrons. The Morgan fingerprint density at radius 1 is 1.02 bits per heavy atom. The molecule has 2 amide bonds. The van der Waals surface area contributed by atoms with Gasteiger partial charge in [0.05, 0.1) is 29.3 Å². The van der Waals surface area contributed by atoms with Crippen molar-refractivity contribution < 1.29 is 14.3 Å². The van der Waals surface area contributed by atoms with Crippen LogP contribution in [0.5, 0.6) is 0 Å². The summed E-state index contributed by atoms with van der Waals surface area (Å²) in [5.74, 6) is -0.00839. The van der Waals surface area contributed by atoms with Crippen molar-refractivity contribution in [3.8, 4) is 0 Å². The minimum Gasteiger partial charge on any atom is -0.376 e. The summed E-state index contributed by atoms with van der Waals surface area (Å²) in [6, 6.07) is 24.4. The van der Waals surface area contributed by atoms with Crippen LogP contribution in [0.3, 0.4) is 0 Å². The number of ether oxygens (including phenoxy) is 1. The van der Waals surface area contributed by atoms with Crippen LogP contribution >= 0.6 is 11.8 Å². The molecule has 1 aliphatic rings. The molecule has 41 heavy (non-hydrogen) atoms. The molecule has 1 atom stereocenters. The first kappa shape index (κ1) is 28.6. The Kier molecular flexibility index (Phi) is 9.48. The second-order valence-corrected chi connectivity index (χ2v) is 11.0. The van der Waals surface area contributed by atoms with Gasteiger partial charge in [0.15, 0.2) is 5.16 Å². The zero-order chi connectivity index (χ0) is 28.6. The lowest BCUT2D eigenvalue weighted by Crippen LogP contribution is -2.32. The maximum atomic E-state index is 13.6. The normalized spacial score (nSPS) is 14.7. The third-order valence-electron chi connectivity index (χ3n) is 7.17. The van der Waals surface area contributed by atoms with Crippen molar-refractivity contribution in [1.29, 1.82) is 0 Å². The molecule has 2 heterocycles. The van der Waals surface area contributed by atoms with Crippen LogP contribution in [-0.2, 0) is 22.6 Å². The van der Waals surface area contributed by atoms with Gasteiger partial charge in [0, 0.05) is 31.8 Å². The summed E-state index contributed by atoms with van der Waals surface area (Å²) in [6.45, 7) is 4.59. The lowest BCUT2D eigenvalue weighted by Gasteiger charge is -2.21. The van der Waals surface area contributed by atoms with Crippen LogP contribution in [0.1, 0.15) is 41.3 Å². The predicted octanol–water partition coefficient (Wildman–Crippen LogP) is 4.49. The van der Waals surface area contributed by atoms with Gasteiger partial charge in [-0.05, 0) is 55.2 Å². The van der Waals surface area contributed by atoms with Gasteiger partial charge in [0.1, 0.15) is 0 Å². The Morgan fingerprint density at radius 3 is 2.51 bits per heavy atom. The average molecular weight is 571 g/mol. The van der Waals surface area contributed by atoms with Gasteiger partial charge < -0.3 is 15.0 Å². The Balaban J connectivity index is 1.31. The molecule has 1 aromatic heterocycles. The van der Waals surface area contributed by atoms with Gasteiger partial charge >= 0.3 is 0 Å². The minimum absolute atomic E-state index is 0.0197. The Labute approximate surface area is 243 Å². The SMILES string of the molecule is CCN(Cc1ccccc1)C(=O)CSc1nc2ccccc2c(=O)n1Cc1ccc(C(=O)NC[C@@H]2CCCO2)cc1. The van der Waals surface area contributed by atoms with Crippen molar-refractivity contribution in [3.05, 3.63) is 106 Å². The number of nitrogens with one attached hydrogen (secondary N) is 1. The number of thioether (sulfide) groups is 1. The fraction of sp³-hybridized carbons (Fsp3) is 0.312. The van der Waals surface area contributed by atoms with Crippen molar-refractivity contribution in [2.75, 3.05) is 25.4 Å². The van der Waals surface area contributed by atoms with Crippen LogP contribution in [0.4, 0.5) is 0 Å². The molecule has 8 nitrogen and oxygen atoms in total. The van der Waals surface area contributed by atoms with Gasteiger partial charge in [-0.1, -0.05) is 66.4 Å². The largest absolute Gasteiger partial charge is 0.376 e. The first-order chi connectivity index (χ1) is 20.0. The summed E-state index contributed by atoms with van der Waals surface area (Å²) in [7, 11) is 0. The first-order valence-corrected chi connectivity index (χ1v) is 14.9. The summed E-state index contributed by atoms with van der Waals surface area (Å²) in [6.07, 6.45) is 2.07. The monoisotopic (exact) mass is 570 g/mol. The third-order valence-corrected chi connectivity index (χ3v) is 8.13. The fourth-order valence-corrected chi connectivity index (χ4v) is 5.75. The van der Waals surface area contributed by atoms with E-state index in [1.807, 2.05) is 67.6 Å². The number of carbonyl (C=O) groups is 2. The summed E-state index contributed by atoms with van der Waals surface area (Å²) in [5, 5.41) is 3.94. The van der Waals surface area contributed by atoms with E-state index in [0.29, 0.717) is 41.3 Å². The molecule has 1 aliphatic heterocycles. The van der Waals surface area contributed by atoms with E-state index < -0.39 is 0 Å². The molecule has 0 bridgehead atoms. The molecule has 0 unspecified atom stereocenters. The van der Waals surface area contributed by atoms with Crippen molar-refractivity contribution in [2.45, 2.75) is 44.1 Å².